The molecule has 106 valence electrons. The van der Waals surface area contributed by atoms with E-state index in [9.17, 15) is 4.79 Å². The van der Waals surface area contributed by atoms with Crippen molar-refractivity contribution in [2.45, 2.75) is 34.6 Å². The number of hydrogen-bond acceptors (Lipinski definition) is 2. The third-order valence-corrected chi connectivity index (χ3v) is 2.29. The van der Waals surface area contributed by atoms with Crippen LogP contribution in [0, 0.1) is 11.3 Å². The average molecular weight is 256 g/mol. The van der Waals surface area contributed by atoms with Crippen LogP contribution in [0.15, 0.2) is 4.99 Å². The molecule has 0 atom stereocenters. The van der Waals surface area contributed by atoms with Crippen molar-refractivity contribution >= 4 is 11.9 Å². The molecule has 0 saturated carbocycles. The van der Waals surface area contributed by atoms with Gasteiger partial charge >= 0.3 is 0 Å². The fourth-order valence-corrected chi connectivity index (χ4v) is 1.14. The summed E-state index contributed by atoms with van der Waals surface area (Å²) in [6, 6.07) is 0. The molecule has 0 saturated heterocycles. The molecule has 3 N–H and O–H groups in total. The van der Waals surface area contributed by atoms with Crippen LogP contribution in [0.5, 0.6) is 0 Å². The van der Waals surface area contributed by atoms with E-state index in [1.807, 2.05) is 20.8 Å². The molecule has 0 fully saturated rings. The summed E-state index contributed by atoms with van der Waals surface area (Å²) >= 11 is 0. The Kier molecular flexibility index (Phi) is 7.39. The van der Waals surface area contributed by atoms with Crippen LogP contribution in [0.3, 0.4) is 0 Å². The summed E-state index contributed by atoms with van der Waals surface area (Å²) in [4.78, 5) is 15.7. The Balaban J connectivity index is 3.80. The van der Waals surface area contributed by atoms with Crippen molar-refractivity contribution in [3.05, 3.63) is 0 Å². The number of guanidine groups is 1. The van der Waals surface area contributed by atoms with Crippen LogP contribution in [0.1, 0.15) is 34.6 Å². The van der Waals surface area contributed by atoms with Gasteiger partial charge < -0.3 is 16.0 Å². The van der Waals surface area contributed by atoms with Gasteiger partial charge in [-0.1, -0.05) is 34.6 Å². The highest BCUT2D eigenvalue weighted by Gasteiger charge is 2.20. The Morgan fingerprint density at radius 1 is 1.11 bits per heavy atom. The number of hydrogen-bond donors (Lipinski definition) is 3. The van der Waals surface area contributed by atoms with Crippen LogP contribution in [-0.4, -0.2) is 38.5 Å². The smallest absolute Gasteiger partial charge is 0.225 e. The van der Waals surface area contributed by atoms with E-state index < -0.39 is 0 Å². The zero-order chi connectivity index (χ0) is 14.2. The molecular weight excluding hydrogens is 228 g/mol. The molecule has 18 heavy (non-hydrogen) atoms. The minimum absolute atomic E-state index is 0.0643. The largest absolute Gasteiger partial charge is 0.356 e. The fourth-order valence-electron chi connectivity index (χ4n) is 1.14. The van der Waals surface area contributed by atoms with Crippen molar-refractivity contribution in [1.29, 1.82) is 0 Å². The van der Waals surface area contributed by atoms with Crippen LogP contribution in [0.25, 0.3) is 0 Å². The monoisotopic (exact) mass is 256 g/mol. The number of nitrogens with one attached hydrogen (secondary N) is 3. The Labute approximate surface area is 111 Å². The van der Waals surface area contributed by atoms with Gasteiger partial charge in [-0.2, -0.15) is 0 Å². The van der Waals surface area contributed by atoms with Crippen LogP contribution in [0.2, 0.25) is 0 Å². The molecule has 0 spiro atoms. The van der Waals surface area contributed by atoms with Gasteiger partial charge in [0.25, 0.3) is 0 Å². The topological polar surface area (TPSA) is 65.5 Å². The highest BCUT2D eigenvalue weighted by molar-refractivity contribution is 5.81. The Hall–Kier alpha value is -1.26. The van der Waals surface area contributed by atoms with E-state index >= 15 is 0 Å². The number of nitrogens with zero attached hydrogens (tertiary/aromatic N) is 1. The first-order valence-corrected chi connectivity index (χ1v) is 6.50. The van der Waals surface area contributed by atoms with E-state index in [1.165, 1.54) is 0 Å². The van der Waals surface area contributed by atoms with E-state index in [0.717, 1.165) is 12.5 Å². The standard InChI is InChI=1S/C13H28N4O/c1-10(2)9-17-12(14-6)16-8-7-15-11(18)13(3,4)5/h10H,7-9H2,1-6H3,(H,15,18)(H2,14,16,17). The zero-order valence-corrected chi connectivity index (χ0v) is 12.6. The second-order valence-electron chi connectivity index (χ2n) is 5.78. The van der Waals surface area contributed by atoms with Crippen LogP contribution < -0.4 is 16.0 Å². The molecule has 0 aliphatic carbocycles. The van der Waals surface area contributed by atoms with Gasteiger partial charge in [0.05, 0.1) is 0 Å². The molecule has 0 heterocycles. The van der Waals surface area contributed by atoms with E-state index in [-0.39, 0.29) is 11.3 Å². The minimum atomic E-state index is -0.336. The zero-order valence-electron chi connectivity index (χ0n) is 12.6. The maximum Gasteiger partial charge on any atom is 0.225 e. The Bertz CT molecular complexity index is 279. The minimum Gasteiger partial charge on any atom is -0.356 e. The molecule has 5 heteroatoms. The second-order valence-corrected chi connectivity index (χ2v) is 5.78. The summed E-state index contributed by atoms with van der Waals surface area (Å²) < 4.78 is 0. The third kappa shape index (κ3) is 7.92. The quantitative estimate of drug-likeness (QED) is 0.390. The molecule has 0 aliphatic heterocycles. The van der Waals surface area contributed by atoms with Gasteiger partial charge in [-0.3, -0.25) is 9.79 Å². The molecule has 0 radical (unpaired) electrons. The van der Waals surface area contributed by atoms with Gasteiger partial charge in [-0.25, -0.2) is 0 Å². The first kappa shape index (κ1) is 16.7. The van der Waals surface area contributed by atoms with Crippen LogP contribution in [0.4, 0.5) is 0 Å². The maximum atomic E-state index is 11.6. The molecule has 0 aromatic carbocycles. The summed E-state index contributed by atoms with van der Waals surface area (Å²) in [7, 11) is 1.74. The fraction of sp³-hybridized carbons (Fsp3) is 0.846. The molecule has 0 bridgehead atoms. The van der Waals surface area contributed by atoms with Gasteiger partial charge in [0, 0.05) is 32.1 Å². The second kappa shape index (κ2) is 7.95. The number of aliphatic imine (C=N–C) groups is 1. The van der Waals surface area contributed by atoms with E-state index in [4.69, 9.17) is 0 Å². The van der Waals surface area contributed by atoms with E-state index in [2.05, 4.69) is 34.8 Å². The van der Waals surface area contributed by atoms with Crippen molar-refractivity contribution in [2.75, 3.05) is 26.7 Å². The lowest BCUT2D eigenvalue weighted by molar-refractivity contribution is -0.128. The van der Waals surface area contributed by atoms with Gasteiger partial charge in [-0.15, -0.1) is 0 Å². The highest BCUT2D eigenvalue weighted by Crippen LogP contribution is 2.11. The van der Waals surface area contributed by atoms with Gasteiger partial charge in [-0.05, 0) is 5.92 Å². The van der Waals surface area contributed by atoms with Gasteiger partial charge in [0.1, 0.15) is 0 Å². The van der Waals surface area contributed by atoms with Crippen molar-refractivity contribution in [1.82, 2.24) is 16.0 Å². The summed E-state index contributed by atoms with van der Waals surface area (Å²) in [5.74, 6) is 1.41. The molecule has 0 rings (SSSR count). The van der Waals surface area contributed by atoms with Crippen molar-refractivity contribution in [2.24, 2.45) is 16.3 Å². The highest BCUT2D eigenvalue weighted by atomic mass is 16.2. The molecule has 0 aromatic rings. The summed E-state index contributed by atoms with van der Waals surface area (Å²) in [5, 5.41) is 9.25. The average Bonchev–Trinajstić information content (AvgIpc) is 2.26. The predicted octanol–water partition coefficient (Wildman–Crippen LogP) is 0.970. The van der Waals surface area contributed by atoms with Crippen LogP contribution in [-0.2, 0) is 4.79 Å². The number of rotatable bonds is 5. The van der Waals surface area contributed by atoms with E-state index in [1.54, 1.807) is 7.05 Å². The predicted molar refractivity (Wildman–Crippen MR) is 76.7 cm³/mol. The molecule has 0 unspecified atom stereocenters. The van der Waals surface area contributed by atoms with Gasteiger partial charge in [0.2, 0.25) is 5.91 Å². The number of carbonyl (C=O) groups is 1. The summed E-state index contributed by atoms with van der Waals surface area (Å²) in [6.45, 7) is 12.1. The number of amides is 1. The lowest BCUT2D eigenvalue weighted by Gasteiger charge is -2.18. The first-order chi connectivity index (χ1) is 8.27. The Morgan fingerprint density at radius 2 is 1.67 bits per heavy atom. The van der Waals surface area contributed by atoms with Gasteiger partial charge in [0.15, 0.2) is 5.96 Å². The van der Waals surface area contributed by atoms with Crippen molar-refractivity contribution in [3.8, 4) is 0 Å². The third-order valence-electron chi connectivity index (χ3n) is 2.29. The Morgan fingerprint density at radius 3 is 2.11 bits per heavy atom. The molecule has 0 aliphatic rings. The van der Waals surface area contributed by atoms with Crippen molar-refractivity contribution < 1.29 is 4.79 Å². The summed E-state index contributed by atoms with van der Waals surface area (Å²) in [5.41, 5.74) is -0.336. The lowest BCUT2D eigenvalue weighted by atomic mass is 9.96. The maximum absolute atomic E-state index is 11.6. The normalized spacial score (nSPS) is 12.5. The summed E-state index contributed by atoms with van der Waals surface area (Å²) in [6.07, 6.45) is 0. The SMILES string of the molecule is CN=C(NCCNC(=O)C(C)(C)C)NCC(C)C. The van der Waals surface area contributed by atoms with Crippen molar-refractivity contribution in [3.63, 3.8) is 0 Å². The molecule has 1 amide bonds. The lowest BCUT2D eigenvalue weighted by Crippen LogP contribution is -2.44. The van der Waals surface area contributed by atoms with E-state index in [0.29, 0.717) is 19.0 Å². The number of carbonyl (C=O) groups excluding carboxylic acids is 1. The first-order valence-electron chi connectivity index (χ1n) is 6.50. The van der Waals surface area contributed by atoms with Crippen LogP contribution >= 0.6 is 0 Å². The molecule has 0 aromatic heterocycles. The molecular formula is C13H28N4O. The molecule has 5 nitrogen and oxygen atoms in total.